The molecule has 0 spiro atoms. The van der Waals surface area contributed by atoms with E-state index in [1.54, 1.807) is 12.1 Å². The van der Waals surface area contributed by atoms with Crippen molar-refractivity contribution in [2.75, 3.05) is 11.4 Å². The summed E-state index contributed by atoms with van der Waals surface area (Å²) in [5.74, 6) is -0.0176. The maximum absolute atomic E-state index is 13.7. The molecule has 0 saturated heterocycles. The number of pyridine rings is 1. The first-order chi connectivity index (χ1) is 9.85. The van der Waals surface area contributed by atoms with Gasteiger partial charge in [0.1, 0.15) is 22.3 Å². The molecule has 2 heterocycles. The zero-order valence-corrected chi connectivity index (χ0v) is 13.0. The standard InChI is InChI=1S/C15H13Cl2FN2O/c1-15(2)8-20(9-3-4-10(16)11(18)7-9)12-5-6-13(17)19-14(12)21-15/h3-7H,8H2,1-2H3. The highest BCUT2D eigenvalue weighted by Crippen LogP contribution is 2.41. The molecule has 1 aliphatic rings. The first-order valence-corrected chi connectivity index (χ1v) is 7.19. The van der Waals surface area contributed by atoms with Crippen LogP contribution in [0.2, 0.25) is 10.2 Å². The molecule has 3 rings (SSSR count). The van der Waals surface area contributed by atoms with Gasteiger partial charge in [0.05, 0.1) is 11.6 Å². The molecule has 1 aromatic carbocycles. The monoisotopic (exact) mass is 326 g/mol. The van der Waals surface area contributed by atoms with Gasteiger partial charge in [-0.25, -0.2) is 4.39 Å². The minimum Gasteiger partial charge on any atom is -0.468 e. The predicted molar refractivity (Wildman–Crippen MR) is 82.4 cm³/mol. The molecule has 0 radical (unpaired) electrons. The van der Waals surface area contributed by atoms with Crippen LogP contribution >= 0.6 is 23.2 Å². The summed E-state index contributed by atoms with van der Waals surface area (Å²) in [6, 6.07) is 8.21. The van der Waals surface area contributed by atoms with Crippen molar-refractivity contribution in [2.24, 2.45) is 0 Å². The molecule has 1 aromatic heterocycles. The fourth-order valence-corrected chi connectivity index (χ4v) is 2.59. The average molecular weight is 327 g/mol. The third-order valence-corrected chi connectivity index (χ3v) is 3.74. The van der Waals surface area contributed by atoms with Gasteiger partial charge in [0.25, 0.3) is 0 Å². The molecule has 0 saturated carbocycles. The van der Waals surface area contributed by atoms with Gasteiger partial charge in [0, 0.05) is 5.69 Å². The fraction of sp³-hybridized carbons (Fsp3) is 0.267. The van der Waals surface area contributed by atoms with Crippen LogP contribution in [-0.2, 0) is 0 Å². The van der Waals surface area contributed by atoms with Gasteiger partial charge in [-0.2, -0.15) is 4.98 Å². The Morgan fingerprint density at radius 3 is 2.71 bits per heavy atom. The van der Waals surface area contributed by atoms with Crippen LogP contribution in [0.3, 0.4) is 0 Å². The number of anilines is 2. The number of fused-ring (bicyclic) bond motifs is 1. The maximum atomic E-state index is 13.7. The van der Waals surface area contributed by atoms with E-state index >= 15 is 0 Å². The Balaban J connectivity index is 2.12. The van der Waals surface area contributed by atoms with E-state index in [-0.39, 0.29) is 5.02 Å². The number of benzene rings is 1. The fourth-order valence-electron chi connectivity index (χ4n) is 2.33. The Morgan fingerprint density at radius 2 is 2.00 bits per heavy atom. The van der Waals surface area contributed by atoms with Gasteiger partial charge in [-0.05, 0) is 44.2 Å². The van der Waals surface area contributed by atoms with Gasteiger partial charge in [0.15, 0.2) is 0 Å². The van der Waals surface area contributed by atoms with Gasteiger partial charge in [0.2, 0.25) is 5.88 Å². The maximum Gasteiger partial charge on any atom is 0.239 e. The molecule has 0 fully saturated rings. The molecule has 110 valence electrons. The number of rotatable bonds is 1. The quantitative estimate of drug-likeness (QED) is 0.701. The summed E-state index contributed by atoms with van der Waals surface area (Å²) in [4.78, 5) is 6.15. The number of hydrogen-bond donors (Lipinski definition) is 0. The number of aromatic nitrogens is 1. The molecule has 1 aliphatic heterocycles. The number of nitrogens with zero attached hydrogens (tertiary/aromatic N) is 2. The van der Waals surface area contributed by atoms with Crippen LogP contribution in [0.25, 0.3) is 0 Å². The van der Waals surface area contributed by atoms with Crippen LogP contribution in [0.15, 0.2) is 30.3 Å². The largest absolute Gasteiger partial charge is 0.468 e. The first-order valence-electron chi connectivity index (χ1n) is 6.44. The smallest absolute Gasteiger partial charge is 0.239 e. The molecule has 2 aromatic rings. The summed E-state index contributed by atoms with van der Waals surface area (Å²) in [6.45, 7) is 4.44. The highest BCUT2D eigenvalue weighted by atomic mass is 35.5. The van der Waals surface area contributed by atoms with Gasteiger partial charge in [-0.15, -0.1) is 0 Å². The van der Waals surface area contributed by atoms with Gasteiger partial charge in [-0.1, -0.05) is 23.2 Å². The van der Waals surface area contributed by atoms with Crippen molar-refractivity contribution in [3.8, 4) is 5.88 Å². The summed E-state index contributed by atoms with van der Waals surface area (Å²) < 4.78 is 19.6. The molecule has 0 unspecified atom stereocenters. The molecule has 21 heavy (non-hydrogen) atoms. The molecular formula is C15H13Cl2FN2O. The van der Waals surface area contributed by atoms with E-state index in [1.807, 2.05) is 24.8 Å². The second-order valence-corrected chi connectivity index (χ2v) is 6.30. The SMILES string of the molecule is CC1(C)CN(c2ccc(Cl)c(F)c2)c2ccc(Cl)nc2O1. The summed E-state index contributed by atoms with van der Waals surface area (Å²) in [5, 5.41) is 0.453. The lowest BCUT2D eigenvalue weighted by Gasteiger charge is -2.40. The topological polar surface area (TPSA) is 25.4 Å². The van der Waals surface area contributed by atoms with Crippen molar-refractivity contribution in [1.29, 1.82) is 0 Å². The van der Waals surface area contributed by atoms with Crippen molar-refractivity contribution < 1.29 is 9.13 Å². The molecule has 0 bridgehead atoms. The number of halogens is 3. The molecule has 0 atom stereocenters. The van der Waals surface area contributed by atoms with Crippen molar-refractivity contribution in [3.63, 3.8) is 0 Å². The van der Waals surface area contributed by atoms with Crippen LogP contribution in [0.1, 0.15) is 13.8 Å². The van der Waals surface area contributed by atoms with Gasteiger partial charge in [-0.3, -0.25) is 0 Å². The third-order valence-electron chi connectivity index (χ3n) is 3.22. The predicted octanol–water partition coefficient (Wildman–Crippen LogP) is 4.84. The zero-order valence-electron chi connectivity index (χ0n) is 11.5. The molecule has 0 amide bonds. The van der Waals surface area contributed by atoms with Crippen LogP contribution in [0, 0.1) is 5.82 Å². The molecular weight excluding hydrogens is 314 g/mol. The van der Waals surface area contributed by atoms with E-state index in [4.69, 9.17) is 27.9 Å². The molecule has 0 N–H and O–H groups in total. The minimum absolute atomic E-state index is 0.0979. The molecule has 6 heteroatoms. The van der Waals surface area contributed by atoms with Crippen molar-refractivity contribution in [3.05, 3.63) is 46.3 Å². The summed E-state index contributed by atoms with van der Waals surface area (Å²) in [7, 11) is 0. The Bertz CT molecular complexity index is 706. The third kappa shape index (κ3) is 2.78. The normalized spacial score (nSPS) is 16.3. The minimum atomic E-state index is -0.471. The van der Waals surface area contributed by atoms with Crippen molar-refractivity contribution in [1.82, 2.24) is 4.98 Å². The first kappa shape index (κ1) is 14.4. The van der Waals surface area contributed by atoms with E-state index in [0.29, 0.717) is 23.3 Å². The molecule has 3 nitrogen and oxygen atoms in total. The molecule has 0 aliphatic carbocycles. The zero-order chi connectivity index (χ0) is 15.2. The van der Waals surface area contributed by atoms with E-state index in [0.717, 1.165) is 5.69 Å². The lowest BCUT2D eigenvalue weighted by Crippen LogP contribution is -2.45. The second kappa shape index (κ2) is 5.04. The van der Waals surface area contributed by atoms with Crippen molar-refractivity contribution in [2.45, 2.75) is 19.4 Å². The van der Waals surface area contributed by atoms with E-state index in [1.165, 1.54) is 12.1 Å². The Hall–Kier alpha value is -1.52. The van der Waals surface area contributed by atoms with Crippen molar-refractivity contribution >= 4 is 34.6 Å². The van der Waals surface area contributed by atoms with Gasteiger partial charge < -0.3 is 9.64 Å². The Labute approximate surface area is 132 Å². The van der Waals surface area contributed by atoms with E-state index in [2.05, 4.69) is 4.98 Å². The summed E-state index contributed by atoms with van der Waals surface area (Å²) in [6.07, 6.45) is 0. The van der Waals surface area contributed by atoms with E-state index in [9.17, 15) is 4.39 Å². The lowest BCUT2D eigenvalue weighted by molar-refractivity contribution is 0.102. The number of hydrogen-bond acceptors (Lipinski definition) is 3. The second-order valence-electron chi connectivity index (χ2n) is 5.50. The Kier molecular flexibility index (Phi) is 3.46. The number of ether oxygens (including phenoxy) is 1. The van der Waals surface area contributed by atoms with E-state index < -0.39 is 11.4 Å². The average Bonchev–Trinajstić information content (AvgIpc) is 2.39. The summed E-state index contributed by atoms with van der Waals surface area (Å²) in [5.41, 5.74) is 0.972. The van der Waals surface area contributed by atoms with Gasteiger partial charge >= 0.3 is 0 Å². The van der Waals surface area contributed by atoms with Crippen LogP contribution in [0.5, 0.6) is 5.88 Å². The Morgan fingerprint density at radius 1 is 1.24 bits per heavy atom. The van der Waals surface area contributed by atoms with Crippen LogP contribution in [-0.4, -0.2) is 17.1 Å². The van der Waals surface area contributed by atoms with Crippen LogP contribution in [0.4, 0.5) is 15.8 Å². The highest BCUT2D eigenvalue weighted by Gasteiger charge is 2.33. The van der Waals surface area contributed by atoms with Crippen LogP contribution < -0.4 is 9.64 Å². The summed E-state index contributed by atoms with van der Waals surface area (Å²) >= 11 is 11.7. The lowest BCUT2D eigenvalue weighted by atomic mass is 10.1. The highest BCUT2D eigenvalue weighted by molar-refractivity contribution is 6.30.